The minimum Gasteiger partial charge on any atom is -0.480 e. The number of imidazole rings is 1. The fraction of sp³-hybridized carbons (Fsp3) is 0.579. The Bertz CT molecular complexity index is 850. The number of primary amides is 1. The zero-order valence-electron chi connectivity index (χ0n) is 18.8. The van der Waals surface area contributed by atoms with E-state index in [0.29, 0.717) is 11.4 Å². The maximum Gasteiger partial charge on any atom is 0.328 e. The SMILES string of the molecule is CSCCC(NC(=O)C(N)Cc1cnc[nH]1)C(=O)NC(CC(N)=O)C(=O)NC(C(=O)O)C(C)O. The van der Waals surface area contributed by atoms with E-state index in [2.05, 4.69) is 25.9 Å². The van der Waals surface area contributed by atoms with Crippen molar-refractivity contribution in [2.75, 3.05) is 12.0 Å². The minimum absolute atomic E-state index is 0.144. The second-order valence-corrected chi connectivity index (χ2v) is 8.51. The van der Waals surface area contributed by atoms with Gasteiger partial charge in [0.25, 0.3) is 0 Å². The van der Waals surface area contributed by atoms with Crippen LogP contribution in [0, 0.1) is 0 Å². The number of aromatic nitrogens is 2. The monoisotopic (exact) mass is 501 g/mol. The summed E-state index contributed by atoms with van der Waals surface area (Å²) in [5, 5.41) is 25.6. The number of aliphatic hydroxyl groups is 1. The van der Waals surface area contributed by atoms with Gasteiger partial charge in [-0.3, -0.25) is 19.2 Å². The predicted molar refractivity (Wildman–Crippen MR) is 122 cm³/mol. The van der Waals surface area contributed by atoms with E-state index in [1.165, 1.54) is 24.3 Å². The molecule has 4 amide bonds. The number of carboxylic acid groups (broad SMARTS) is 1. The van der Waals surface area contributed by atoms with E-state index in [0.717, 1.165) is 6.92 Å². The Labute approximate surface area is 200 Å². The molecule has 5 unspecified atom stereocenters. The fourth-order valence-electron chi connectivity index (χ4n) is 2.83. The summed E-state index contributed by atoms with van der Waals surface area (Å²) in [6.45, 7) is 1.15. The smallest absolute Gasteiger partial charge is 0.328 e. The lowest BCUT2D eigenvalue weighted by molar-refractivity contribution is -0.145. The van der Waals surface area contributed by atoms with Crippen LogP contribution in [0.2, 0.25) is 0 Å². The fourth-order valence-corrected chi connectivity index (χ4v) is 3.31. The number of nitrogens with zero attached hydrogens (tertiary/aromatic N) is 1. The van der Waals surface area contributed by atoms with E-state index < -0.39 is 66.3 Å². The molecule has 0 spiro atoms. The van der Waals surface area contributed by atoms with Crippen LogP contribution in [-0.2, 0) is 30.4 Å². The summed E-state index contributed by atoms with van der Waals surface area (Å²) in [5.41, 5.74) is 11.7. The van der Waals surface area contributed by atoms with Gasteiger partial charge in [-0.25, -0.2) is 9.78 Å². The molecule has 0 aromatic carbocycles. The van der Waals surface area contributed by atoms with Crippen LogP contribution in [0.3, 0.4) is 0 Å². The Hall–Kier alpha value is -3.17. The molecule has 1 aromatic heterocycles. The molecule has 1 rings (SSSR count). The number of thioether (sulfide) groups is 1. The molecule has 0 aliphatic heterocycles. The summed E-state index contributed by atoms with van der Waals surface area (Å²) in [6, 6.07) is -5.29. The van der Waals surface area contributed by atoms with Gasteiger partial charge < -0.3 is 42.6 Å². The average Bonchev–Trinajstić information content (AvgIpc) is 3.26. The second-order valence-electron chi connectivity index (χ2n) is 7.53. The van der Waals surface area contributed by atoms with E-state index in [1.807, 2.05) is 0 Å². The Morgan fingerprint density at radius 3 is 2.24 bits per heavy atom. The zero-order chi connectivity index (χ0) is 25.8. The van der Waals surface area contributed by atoms with Crippen molar-refractivity contribution in [3.05, 3.63) is 18.2 Å². The van der Waals surface area contributed by atoms with Gasteiger partial charge in [-0.1, -0.05) is 0 Å². The lowest BCUT2D eigenvalue weighted by Gasteiger charge is -2.25. The molecule has 14 nitrogen and oxygen atoms in total. The number of carboxylic acids is 1. The summed E-state index contributed by atoms with van der Waals surface area (Å²) in [5.74, 6) is -4.41. The highest BCUT2D eigenvalue weighted by atomic mass is 32.2. The molecule has 1 heterocycles. The van der Waals surface area contributed by atoms with Crippen molar-refractivity contribution in [1.82, 2.24) is 25.9 Å². The Kier molecular flexibility index (Phi) is 12.0. The van der Waals surface area contributed by atoms with Gasteiger partial charge in [0.05, 0.1) is 24.9 Å². The van der Waals surface area contributed by atoms with Gasteiger partial charge >= 0.3 is 5.97 Å². The standard InChI is InChI=1S/C19H31N7O7S/c1-9(27)15(19(32)33)26-18(31)13(6-14(21)28)25-17(30)12(3-4-34-2)24-16(29)11(20)5-10-7-22-8-23-10/h7-9,11-13,15,27H,3-6,20H2,1-2H3,(H2,21,28)(H,22,23)(H,24,29)(H,25,30)(H,26,31)(H,32,33). The highest BCUT2D eigenvalue weighted by Crippen LogP contribution is 2.05. The number of rotatable bonds is 15. The molecule has 0 fully saturated rings. The lowest BCUT2D eigenvalue weighted by atomic mass is 10.1. The molecular weight excluding hydrogens is 470 g/mol. The molecule has 0 radical (unpaired) electrons. The number of amides is 4. The largest absolute Gasteiger partial charge is 0.480 e. The predicted octanol–water partition coefficient (Wildman–Crippen LogP) is -3.17. The number of hydrogen-bond acceptors (Lipinski definition) is 9. The van der Waals surface area contributed by atoms with Crippen molar-refractivity contribution in [2.24, 2.45) is 11.5 Å². The van der Waals surface area contributed by atoms with Gasteiger partial charge in [0.15, 0.2) is 6.04 Å². The number of nitrogens with one attached hydrogen (secondary N) is 4. The van der Waals surface area contributed by atoms with Crippen LogP contribution in [0.25, 0.3) is 0 Å². The Morgan fingerprint density at radius 2 is 1.74 bits per heavy atom. The first-order valence-electron chi connectivity index (χ1n) is 10.3. The maximum atomic E-state index is 12.9. The van der Waals surface area contributed by atoms with Crippen molar-refractivity contribution in [3.8, 4) is 0 Å². The van der Waals surface area contributed by atoms with Crippen LogP contribution in [-0.4, -0.2) is 92.1 Å². The first-order chi connectivity index (χ1) is 16.0. The van der Waals surface area contributed by atoms with Crippen LogP contribution in [0.5, 0.6) is 0 Å². The summed E-state index contributed by atoms with van der Waals surface area (Å²) >= 11 is 1.42. The Morgan fingerprint density at radius 1 is 1.12 bits per heavy atom. The molecule has 190 valence electrons. The van der Waals surface area contributed by atoms with E-state index >= 15 is 0 Å². The molecule has 34 heavy (non-hydrogen) atoms. The topological polar surface area (TPSA) is 243 Å². The molecular formula is C19H31N7O7S. The number of carbonyl (C=O) groups excluding carboxylic acids is 4. The number of aliphatic carboxylic acids is 1. The summed E-state index contributed by atoms with van der Waals surface area (Å²) in [7, 11) is 0. The van der Waals surface area contributed by atoms with Crippen LogP contribution >= 0.6 is 11.8 Å². The van der Waals surface area contributed by atoms with E-state index in [-0.39, 0.29) is 12.8 Å². The van der Waals surface area contributed by atoms with Crippen LogP contribution in [0.4, 0.5) is 0 Å². The molecule has 0 bridgehead atoms. The van der Waals surface area contributed by atoms with E-state index in [4.69, 9.17) is 16.6 Å². The van der Waals surface area contributed by atoms with Crippen LogP contribution < -0.4 is 27.4 Å². The lowest BCUT2D eigenvalue weighted by Crippen LogP contribution is -2.59. The average molecular weight is 502 g/mol. The van der Waals surface area contributed by atoms with Gasteiger partial charge in [0.1, 0.15) is 12.1 Å². The molecule has 10 N–H and O–H groups in total. The number of aliphatic hydroxyl groups excluding tert-OH is 1. The van der Waals surface area contributed by atoms with Crippen molar-refractivity contribution in [3.63, 3.8) is 0 Å². The number of aromatic amines is 1. The maximum absolute atomic E-state index is 12.9. The van der Waals surface area contributed by atoms with E-state index in [9.17, 15) is 29.1 Å². The van der Waals surface area contributed by atoms with Crippen molar-refractivity contribution >= 4 is 41.4 Å². The van der Waals surface area contributed by atoms with Crippen LogP contribution in [0.1, 0.15) is 25.5 Å². The molecule has 0 aliphatic rings. The number of H-pyrrole nitrogens is 1. The second kappa shape index (κ2) is 14.2. The third kappa shape index (κ3) is 9.76. The third-order valence-electron chi connectivity index (χ3n) is 4.66. The zero-order valence-corrected chi connectivity index (χ0v) is 19.6. The van der Waals surface area contributed by atoms with Crippen molar-refractivity contribution < 1.29 is 34.2 Å². The highest BCUT2D eigenvalue weighted by molar-refractivity contribution is 7.98. The van der Waals surface area contributed by atoms with Gasteiger partial charge in [-0.05, 0) is 25.4 Å². The van der Waals surface area contributed by atoms with Crippen molar-refractivity contribution in [2.45, 2.75) is 56.5 Å². The van der Waals surface area contributed by atoms with Gasteiger partial charge in [-0.15, -0.1) is 0 Å². The molecule has 1 aromatic rings. The summed E-state index contributed by atoms with van der Waals surface area (Å²) in [4.78, 5) is 67.3. The van der Waals surface area contributed by atoms with Crippen molar-refractivity contribution in [1.29, 1.82) is 0 Å². The first kappa shape index (κ1) is 28.9. The van der Waals surface area contributed by atoms with Gasteiger partial charge in [0, 0.05) is 18.3 Å². The molecule has 0 aliphatic carbocycles. The minimum atomic E-state index is -1.67. The molecule has 15 heteroatoms. The Balaban J connectivity index is 2.93. The molecule has 0 saturated carbocycles. The molecule has 5 atom stereocenters. The quantitative estimate of drug-likeness (QED) is 0.120. The van der Waals surface area contributed by atoms with Crippen LogP contribution in [0.15, 0.2) is 12.5 Å². The first-order valence-corrected chi connectivity index (χ1v) is 11.7. The van der Waals surface area contributed by atoms with Gasteiger partial charge in [-0.2, -0.15) is 11.8 Å². The summed E-state index contributed by atoms with van der Waals surface area (Å²) < 4.78 is 0. The summed E-state index contributed by atoms with van der Waals surface area (Å²) in [6.07, 6.45) is 2.99. The number of nitrogens with two attached hydrogens (primary N) is 2. The highest BCUT2D eigenvalue weighted by Gasteiger charge is 2.32. The third-order valence-corrected chi connectivity index (χ3v) is 5.30. The molecule has 0 saturated heterocycles. The van der Waals surface area contributed by atoms with E-state index in [1.54, 1.807) is 6.26 Å². The normalized spacial score (nSPS) is 15.3. The number of carbonyl (C=O) groups is 5. The van der Waals surface area contributed by atoms with Gasteiger partial charge in [0.2, 0.25) is 23.6 Å². The number of hydrogen-bond donors (Lipinski definition) is 8.